The van der Waals surface area contributed by atoms with Gasteiger partial charge in [-0.25, -0.2) is 0 Å². The molecule has 0 aromatic rings. The van der Waals surface area contributed by atoms with Crippen LogP contribution in [0.3, 0.4) is 0 Å². The van der Waals surface area contributed by atoms with Gasteiger partial charge in [0.25, 0.3) is 0 Å². The van der Waals surface area contributed by atoms with E-state index in [9.17, 15) is 15.3 Å². The van der Waals surface area contributed by atoms with Gasteiger partial charge in [0.15, 0.2) is 0 Å². The van der Waals surface area contributed by atoms with Gasteiger partial charge in [0.05, 0.1) is 17.8 Å². The quantitative estimate of drug-likeness (QED) is 0.432. The van der Waals surface area contributed by atoms with Gasteiger partial charge in [-0.05, 0) is 75.5 Å². The SMILES string of the molecule is C[C@H](/C=C/[C@H](C)C(C)(C)O)[C@H]1CC[C@H]2/C(=C/C3OC34C[C@@H](O)C[C@H](O)C4)CCC[C@]12C. The first-order valence-corrected chi connectivity index (χ1v) is 12.6. The van der Waals surface area contributed by atoms with E-state index in [0.717, 1.165) is 6.42 Å². The fourth-order valence-corrected chi connectivity index (χ4v) is 7.14. The summed E-state index contributed by atoms with van der Waals surface area (Å²) in [5.74, 6) is 1.94. The minimum atomic E-state index is -0.681. The summed E-state index contributed by atoms with van der Waals surface area (Å²) in [5.41, 5.74) is 0.881. The molecule has 0 bridgehead atoms. The van der Waals surface area contributed by atoms with Crippen LogP contribution in [0.15, 0.2) is 23.8 Å². The Labute approximate surface area is 188 Å². The van der Waals surface area contributed by atoms with Gasteiger partial charge >= 0.3 is 0 Å². The van der Waals surface area contributed by atoms with Crippen LogP contribution in [-0.4, -0.2) is 44.8 Å². The predicted octanol–water partition coefficient (Wildman–Crippen LogP) is 4.77. The van der Waals surface area contributed by atoms with Crippen molar-refractivity contribution in [3.63, 3.8) is 0 Å². The van der Waals surface area contributed by atoms with E-state index in [-0.39, 0.29) is 17.6 Å². The molecular weight excluding hydrogens is 388 g/mol. The van der Waals surface area contributed by atoms with E-state index in [4.69, 9.17) is 4.74 Å². The van der Waals surface area contributed by atoms with Crippen LogP contribution < -0.4 is 0 Å². The maximum Gasteiger partial charge on any atom is 0.106 e. The highest BCUT2D eigenvalue weighted by Crippen LogP contribution is 2.60. The zero-order valence-corrected chi connectivity index (χ0v) is 20.2. The Bertz CT molecular complexity index is 709. The Morgan fingerprint density at radius 2 is 1.77 bits per heavy atom. The van der Waals surface area contributed by atoms with Crippen molar-refractivity contribution in [3.8, 4) is 0 Å². The molecule has 1 spiro atoms. The van der Waals surface area contributed by atoms with Gasteiger partial charge in [-0.15, -0.1) is 0 Å². The molecule has 1 unspecified atom stereocenters. The maximum atomic E-state index is 10.3. The van der Waals surface area contributed by atoms with Gasteiger partial charge < -0.3 is 20.1 Å². The summed E-state index contributed by atoms with van der Waals surface area (Å²) >= 11 is 0. The van der Waals surface area contributed by atoms with Crippen LogP contribution in [0.2, 0.25) is 0 Å². The van der Waals surface area contributed by atoms with Gasteiger partial charge in [0.1, 0.15) is 11.7 Å². The van der Waals surface area contributed by atoms with Crippen molar-refractivity contribution in [3.05, 3.63) is 23.8 Å². The van der Waals surface area contributed by atoms with Crippen LogP contribution in [0, 0.1) is 29.1 Å². The predicted molar refractivity (Wildman–Crippen MR) is 123 cm³/mol. The molecule has 1 heterocycles. The Morgan fingerprint density at radius 3 is 2.42 bits per heavy atom. The fraction of sp³-hybridized carbons (Fsp3) is 0.852. The second-order valence-electron chi connectivity index (χ2n) is 12.1. The van der Waals surface area contributed by atoms with E-state index in [1.165, 1.54) is 25.7 Å². The average molecular weight is 433 g/mol. The van der Waals surface area contributed by atoms with Gasteiger partial charge in [-0.2, -0.15) is 0 Å². The topological polar surface area (TPSA) is 73.2 Å². The molecule has 0 aromatic carbocycles. The summed E-state index contributed by atoms with van der Waals surface area (Å²) in [4.78, 5) is 0. The summed E-state index contributed by atoms with van der Waals surface area (Å²) in [7, 11) is 0. The first-order chi connectivity index (χ1) is 14.4. The third kappa shape index (κ3) is 4.55. The number of allylic oxidation sites excluding steroid dienone is 2. The van der Waals surface area contributed by atoms with Crippen molar-refractivity contribution in [1.29, 1.82) is 0 Å². The summed E-state index contributed by atoms with van der Waals surface area (Å²) in [6, 6.07) is 0. The Morgan fingerprint density at radius 1 is 1.10 bits per heavy atom. The van der Waals surface area contributed by atoms with Crippen molar-refractivity contribution in [2.75, 3.05) is 0 Å². The van der Waals surface area contributed by atoms with Crippen LogP contribution in [0.5, 0.6) is 0 Å². The second kappa shape index (κ2) is 8.27. The van der Waals surface area contributed by atoms with Crippen LogP contribution in [0.1, 0.15) is 86.0 Å². The van der Waals surface area contributed by atoms with E-state index in [2.05, 4.69) is 39.0 Å². The minimum Gasteiger partial charge on any atom is -0.393 e. The number of ether oxygens (including phenoxy) is 1. The second-order valence-corrected chi connectivity index (χ2v) is 12.1. The van der Waals surface area contributed by atoms with Crippen molar-refractivity contribution in [2.45, 2.75) is 115 Å². The van der Waals surface area contributed by atoms with Gasteiger partial charge in [-0.1, -0.05) is 44.6 Å². The lowest BCUT2D eigenvalue weighted by molar-refractivity contribution is 0.00204. The highest BCUT2D eigenvalue weighted by atomic mass is 16.6. The van der Waals surface area contributed by atoms with Crippen LogP contribution >= 0.6 is 0 Å². The average Bonchev–Trinajstić information content (AvgIpc) is 3.13. The molecule has 3 aliphatic carbocycles. The highest BCUT2D eigenvalue weighted by molar-refractivity contribution is 5.26. The molecular formula is C27H44O4. The molecule has 1 aliphatic heterocycles. The van der Waals surface area contributed by atoms with Gasteiger partial charge in [0, 0.05) is 18.8 Å². The van der Waals surface area contributed by atoms with E-state index in [0.29, 0.717) is 42.4 Å². The number of epoxide rings is 1. The molecule has 31 heavy (non-hydrogen) atoms. The number of rotatable bonds is 5. The highest BCUT2D eigenvalue weighted by Gasteiger charge is 2.59. The standard InChI is InChI=1S/C27H44O4/c1-17(8-9-18(2)25(3,4)30)22-10-11-23-19(7-6-12-26(22,23)5)13-24-27(31-24)15-20(28)14-21(29)16-27/h8-9,13,17-18,20-24,28-30H,6-7,10-12,14-16H2,1-5H3/b9-8+,19-13+/t17-,18+,20+,21+,22-,23+,24?,26-/m1/s1. The molecule has 3 N–H and O–H groups in total. The smallest absolute Gasteiger partial charge is 0.106 e. The first-order valence-electron chi connectivity index (χ1n) is 12.6. The first kappa shape index (κ1) is 23.5. The minimum absolute atomic E-state index is 0.0680. The molecule has 0 aromatic heterocycles. The lowest BCUT2D eigenvalue weighted by atomic mass is 9.61. The largest absolute Gasteiger partial charge is 0.393 e. The van der Waals surface area contributed by atoms with Crippen LogP contribution in [0.4, 0.5) is 0 Å². The number of aliphatic hydroxyl groups excluding tert-OH is 2. The zero-order valence-electron chi connectivity index (χ0n) is 20.2. The van der Waals surface area contributed by atoms with Crippen molar-refractivity contribution in [2.24, 2.45) is 29.1 Å². The maximum absolute atomic E-state index is 10.3. The third-order valence-corrected chi connectivity index (χ3v) is 9.39. The van der Waals surface area contributed by atoms with Gasteiger partial charge in [-0.3, -0.25) is 0 Å². The van der Waals surface area contributed by atoms with Crippen LogP contribution in [0.25, 0.3) is 0 Å². The molecule has 0 amide bonds. The molecule has 4 aliphatic rings. The van der Waals surface area contributed by atoms with E-state index < -0.39 is 17.8 Å². The number of hydrogen-bond acceptors (Lipinski definition) is 4. The molecule has 1 saturated heterocycles. The third-order valence-electron chi connectivity index (χ3n) is 9.39. The Hall–Kier alpha value is -0.680. The van der Waals surface area contributed by atoms with E-state index in [1.807, 2.05) is 13.8 Å². The normalized spacial score (nSPS) is 46.5. The van der Waals surface area contributed by atoms with Crippen molar-refractivity contribution < 1.29 is 20.1 Å². The molecule has 4 rings (SSSR count). The summed E-state index contributed by atoms with van der Waals surface area (Å²) in [6.45, 7) is 10.7. The lowest BCUT2D eigenvalue weighted by Crippen LogP contribution is -2.37. The number of hydrogen-bond donors (Lipinski definition) is 3. The zero-order chi connectivity index (χ0) is 22.6. The number of aliphatic hydroxyl groups is 3. The molecule has 8 atom stereocenters. The van der Waals surface area contributed by atoms with Gasteiger partial charge in [0.2, 0.25) is 0 Å². The van der Waals surface area contributed by atoms with E-state index >= 15 is 0 Å². The molecule has 176 valence electrons. The molecule has 4 heteroatoms. The molecule has 0 radical (unpaired) electrons. The molecule has 4 nitrogen and oxygen atoms in total. The Kier molecular flexibility index (Phi) is 6.26. The molecule has 4 fully saturated rings. The Balaban J connectivity index is 1.46. The van der Waals surface area contributed by atoms with E-state index in [1.54, 1.807) is 5.57 Å². The fourth-order valence-electron chi connectivity index (χ4n) is 7.14. The van der Waals surface area contributed by atoms with Crippen molar-refractivity contribution in [1.82, 2.24) is 0 Å². The van der Waals surface area contributed by atoms with Crippen LogP contribution in [-0.2, 0) is 4.74 Å². The number of fused-ring (bicyclic) bond motifs is 1. The summed E-state index contributed by atoms with van der Waals surface area (Å²) in [5, 5.41) is 30.5. The molecule has 3 saturated carbocycles. The monoisotopic (exact) mass is 432 g/mol. The summed E-state index contributed by atoms with van der Waals surface area (Å²) < 4.78 is 6.11. The summed E-state index contributed by atoms with van der Waals surface area (Å²) in [6.07, 6.45) is 14.1. The lowest BCUT2D eigenvalue weighted by Gasteiger charge is -2.44. The van der Waals surface area contributed by atoms with Crippen molar-refractivity contribution >= 4 is 0 Å².